The van der Waals surface area contributed by atoms with Crippen LogP contribution >= 0.6 is 0 Å². The van der Waals surface area contributed by atoms with Crippen molar-refractivity contribution in [2.75, 3.05) is 13.1 Å². The van der Waals surface area contributed by atoms with E-state index in [1.807, 2.05) is 0 Å². The molecule has 0 radical (unpaired) electrons. The average molecular weight is 232 g/mol. The van der Waals surface area contributed by atoms with E-state index in [1.54, 1.807) is 0 Å². The number of hydrogen-bond donors (Lipinski definition) is 1. The molecule has 94 valence electrons. The van der Waals surface area contributed by atoms with Crippen LogP contribution in [0, 0.1) is 0 Å². The highest BCUT2D eigenvalue weighted by molar-refractivity contribution is 5.14. The van der Waals surface area contributed by atoms with Gasteiger partial charge in [0.15, 0.2) is 0 Å². The van der Waals surface area contributed by atoms with Gasteiger partial charge in [0, 0.05) is 12.6 Å². The van der Waals surface area contributed by atoms with Crippen LogP contribution < -0.4 is 5.73 Å². The monoisotopic (exact) mass is 232 g/mol. The molecule has 0 spiro atoms. The second-order valence-corrected chi connectivity index (χ2v) is 5.04. The lowest BCUT2D eigenvalue weighted by Gasteiger charge is -2.36. The van der Waals surface area contributed by atoms with Gasteiger partial charge in [-0.15, -0.1) is 0 Å². The van der Waals surface area contributed by atoms with E-state index >= 15 is 0 Å². The van der Waals surface area contributed by atoms with Gasteiger partial charge in [-0.3, -0.25) is 4.90 Å². The Kier molecular flexibility index (Phi) is 5.02. The summed E-state index contributed by atoms with van der Waals surface area (Å²) in [6.45, 7) is 3.19. The van der Waals surface area contributed by atoms with Crippen molar-refractivity contribution in [2.24, 2.45) is 5.73 Å². The summed E-state index contributed by atoms with van der Waals surface area (Å²) < 4.78 is 0. The van der Waals surface area contributed by atoms with Crippen molar-refractivity contribution in [3.05, 3.63) is 35.9 Å². The van der Waals surface area contributed by atoms with Crippen LogP contribution in [0.25, 0.3) is 0 Å². The molecule has 2 rings (SSSR count). The largest absolute Gasteiger partial charge is 0.330 e. The lowest BCUT2D eigenvalue weighted by Crippen LogP contribution is -2.39. The summed E-state index contributed by atoms with van der Waals surface area (Å²) in [5.41, 5.74) is 7.06. The standard InChI is InChI=1S/C15H24N2/c16-11-6-10-15-9-4-5-12-17(15)13-14-7-2-1-3-8-14/h1-3,7-8,15H,4-6,9-13,16H2/t15-/m0/s1. The molecule has 0 aliphatic carbocycles. The fourth-order valence-electron chi connectivity index (χ4n) is 2.77. The van der Waals surface area contributed by atoms with Crippen LogP contribution in [0.4, 0.5) is 0 Å². The van der Waals surface area contributed by atoms with Crippen LogP contribution in [0.5, 0.6) is 0 Å². The van der Waals surface area contributed by atoms with Crippen molar-refractivity contribution in [3.8, 4) is 0 Å². The molecule has 17 heavy (non-hydrogen) atoms. The SMILES string of the molecule is NCCC[C@@H]1CCCCN1Cc1ccccc1. The fraction of sp³-hybridized carbons (Fsp3) is 0.600. The first-order valence-electron chi connectivity index (χ1n) is 6.88. The molecule has 2 nitrogen and oxygen atoms in total. The first kappa shape index (κ1) is 12.6. The lowest BCUT2D eigenvalue weighted by molar-refractivity contribution is 0.131. The zero-order valence-electron chi connectivity index (χ0n) is 10.6. The maximum atomic E-state index is 5.63. The maximum Gasteiger partial charge on any atom is 0.0236 e. The van der Waals surface area contributed by atoms with Crippen LogP contribution in [0.2, 0.25) is 0 Å². The number of nitrogens with zero attached hydrogens (tertiary/aromatic N) is 1. The third-order valence-electron chi connectivity index (χ3n) is 3.72. The summed E-state index contributed by atoms with van der Waals surface area (Å²) in [6.07, 6.45) is 6.53. The number of piperidine rings is 1. The van der Waals surface area contributed by atoms with E-state index in [-0.39, 0.29) is 0 Å². The molecular formula is C15H24N2. The lowest BCUT2D eigenvalue weighted by atomic mass is 9.97. The molecular weight excluding hydrogens is 208 g/mol. The van der Waals surface area contributed by atoms with E-state index < -0.39 is 0 Å². The molecule has 1 aliphatic heterocycles. The Balaban J connectivity index is 1.92. The molecule has 1 atom stereocenters. The minimum atomic E-state index is 0.757. The van der Waals surface area contributed by atoms with Gasteiger partial charge in [0.2, 0.25) is 0 Å². The van der Waals surface area contributed by atoms with Crippen LogP contribution in [-0.2, 0) is 6.54 Å². The maximum absolute atomic E-state index is 5.63. The Labute approximate surface area is 105 Å². The van der Waals surface area contributed by atoms with Crippen molar-refractivity contribution < 1.29 is 0 Å². The first-order valence-corrected chi connectivity index (χ1v) is 6.88. The fourth-order valence-corrected chi connectivity index (χ4v) is 2.77. The van der Waals surface area contributed by atoms with Gasteiger partial charge in [-0.25, -0.2) is 0 Å². The first-order chi connectivity index (χ1) is 8.40. The van der Waals surface area contributed by atoms with E-state index in [9.17, 15) is 0 Å². The quantitative estimate of drug-likeness (QED) is 0.846. The molecule has 1 aliphatic rings. The summed E-state index contributed by atoms with van der Waals surface area (Å²) in [4.78, 5) is 2.65. The molecule has 1 aromatic carbocycles. The Morgan fingerprint density at radius 3 is 2.76 bits per heavy atom. The third kappa shape index (κ3) is 3.83. The van der Waals surface area contributed by atoms with Gasteiger partial charge in [0.1, 0.15) is 0 Å². The van der Waals surface area contributed by atoms with Gasteiger partial charge in [0.05, 0.1) is 0 Å². The van der Waals surface area contributed by atoms with Crippen molar-refractivity contribution in [1.82, 2.24) is 4.90 Å². The van der Waals surface area contributed by atoms with Gasteiger partial charge in [0.25, 0.3) is 0 Å². The van der Waals surface area contributed by atoms with E-state index in [0.29, 0.717) is 0 Å². The zero-order valence-corrected chi connectivity index (χ0v) is 10.6. The van der Waals surface area contributed by atoms with Crippen LogP contribution in [0.1, 0.15) is 37.7 Å². The highest BCUT2D eigenvalue weighted by Gasteiger charge is 2.21. The molecule has 1 heterocycles. The summed E-state index contributed by atoms with van der Waals surface area (Å²) in [6, 6.07) is 11.6. The summed E-state index contributed by atoms with van der Waals surface area (Å²) >= 11 is 0. The van der Waals surface area contributed by atoms with Crippen molar-refractivity contribution >= 4 is 0 Å². The number of benzene rings is 1. The molecule has 0 amide bonds. The predicted molar refractivity (Wildman–Crippen MR) is 72.8 cm³/mol. The van der Waals surface area contributed by atoms with Crippen molar-refractivity contribution in [2.45, 2.75) is 44.7 Å². The van der Waals surface area contributed by atoms with Gasteiger partial charge in [-0.05, 0) is 44.3 Å². The predicted octanol–water partition coefficient (Wildman–Crippen LogP) is 2.78. The highest BCUT2D eigenvalue weighted by atomic mass is 15.2. The van der Waals surface area contributed by atoms with Crippen molar-refractivity contribution in [3.63, 3.8) is 0 Å². The number of hydrogen-bond acceptors (Lipinski definition) is 2. The number of nitrogens with two attached hydrogens (primary N) is 1. The number of likely N-dealkylation sites (tertiary alicyclic amines) is 1. The molecule has 0 saturated carbocycles. The molecule has 0 aromatic heterocycles. The van der Waals surface area contributed by atoms with Crippen molar-refractivity contribution in [1.29, 1.82) is 0 Å². The van der Waals surface area contributed by atoms with Gasteiger partial charge >= 0.3 is 0 Å². The van der Waals surface area contributed by atoms with E-state index in [0.717, 1.165) is 25.6 Å². The molecule has 1 aromatic rings. The van der Waals surface area contributed by atoms with Gasteiger partial charge in [-0.2, -0.15) is 0 Å². The van der Waals surface area contributed by atoms with E-state index in [1.165, 1.54) is 37.8 Å². The minimum Gasteiger partial charge on any atom is -0.330 e. The van der Waals surface area contributed by atoms with E-state index in [4.69, 9.17) is 5.73 Å². The molecule has 2 heteroatoms. The Morgan fingerprint density at radius 1 is 1.18 bits per heavy atom. The van der Waals surface area contributed by atoms with Crippen LogP contribution in [0.15, 0.2) is 30.3 Å². The topological polar surface area (TPSA) is 29.3 Å². The second kappa shape index (κ2) is 6.77. The Bertz CT molecular complexity index is 310. The summed E-state index contributed by atoms with van der Waals surface area (Å²) in [5.74, 6) is 0. The van der Waals surface area contributed by atoms with Gasteiger partial charge in [-0.1, -0.05) is 36.8 Å². The smallest absolute Gasteiger partial charge is 0.0236 e. The second-order valence-electron chi connectivity index (χ2n) is 5.04. The van der Waals surface area contributed by atoms with Crippen LogP contribution in [-0.4, -0.2) is 24.0 Å². The molecule has 1 saturated heterocycles. The summed E-state index contributed by atoms with van der Waals surface area (Å²) in [5, 5.41) is 0. The Hall–Kier alpha value is -0.860. The third-order valence-corrected chi connectivity index (χ3v) is 3.72. The molecule has 2 N–H and O–H groups in total. The Morgan fingerprint density at radius 2 is 2.00 bits per heavy atom. The molecule has 0 bridgehead atoms. The molecule has 0 unspecified atom stereocenters. The zero-order chi connectivity index (χ0) is 11.9. The minimum absolute atomic E-state index is 0.757. The van der Waals surface area contributed by atoms with Gasteiger partial charge < -0.3 is 5.73 Å². The number of rotatable bonds is 5. The molecule has 1 fully saturated rings. The highest BCUT2D eigenvalue weighted by Crippen LogP contribution is 2.22. The van der Waals surface area contributed by atoms with E-state index in [2.05, 4.69) is 35.2 Å². The normalized spacial score (nSPS) is 21.6. The average Bonchev–Trinajstić information content (AvgIpc) is 2.39. The van der Waals surface area contributed by atoms with Crippen LogP contribution in [0.3, 0.4) is 0 Å². The summed E-state index contributed by atoms with van der Waals surface area (Å²) in [7, 11) is 0.